The first-order valence-corrected chi connectivity index (χ1v) is 13.4. The third kappa shape index (κ3) is 4.81. The largest absolute Gasteiger partial charge is 0.457 e. The van der Waals surface area contributed by atoms with E-state index in [4.69, 9.17) is 20.3 Å². The number of aromatic nitrogens is 3. The lowest BCUT2D eigenvalue weighted by atomic mass is 10.1. The molecule has 6 rings (SSSR count). The van der Waals surface area contributed by atoms with E-state index in [1.54, 1.807) is 10.9 Å². The molecule has 4 heterocycles. The first-order chi connectivity index (χ1) is 19.2. The van der Waals surface area contributed by atoms with Crippen LogP contribution in [0, 0.1) is 0 Å². The van der Waals surface area contributed by atoms with E-state index in [1.807, 2.05) is 86.3 Å². The molecule has 206 valence electrons. The molecule has 0 unspecified atom stereocenters. The van der Waals surface area contributed by atoms with Crippen LogP contribution in [0.4, 0.5) is 10.5 Å². The normalized spacial score (nSPS) is 18.7. The van der Waals surface area contributed by atoms with Crippen molar-refractivity contribution in [3.63, 3.8) is 0 Å². The topological polar surface area (TPSA) is 116 Å². The van der Waals surface area contributed by atoms with Crippen molar-refractivity contribution in [3.8, 4) is 17.2 Å². The molecule has 0 saturated carbocycles. The number of rotatable bonds is 5. The van der Waals surface area contributed by atoms with Crippen molar-refractivity contribution >= 4 is 28.7 Å². The maximum atomic E-state index is 12.9. The number of fused-ring (bicyclic) bond motifs is 3. The van der Waals surface area contributed by atoms with Gasteiger partial charge < -0.3 is 20.1 Å². The third-order valence-electron chi connectivity index (χ3n) is 7.26. The number of piperazine rings is 1. The maximum Gasteiger partial charge on any atom is 0.410 e. The molecule has 2 aliphatic rings. The van der Waals surface area contributed by atoms with E-state index in [-0.39, 0.29) is 23.9 Å². The Bertz CT molecular complexity index is 1550. The zero-order valence-electron chi connectivity index (χ0n) is 22.8. The standard InChI is InChI=1S/C30H32N6O4/c1-30(2,3)40-29(38)35-20-9-10-21(35)18-34(17-20)24-15-16-32-26-25(24)33-36(27(26)28(31)37)19-11-13-23(14-12-19)39-22-7-5-4-6-8-22/h4-8,11-16,20-21H,9-10,17-18H2,1-3H3,(H2,31,37)/t20-,21+. The minimum atomic E-state index is -0.619. The van der Waals surface area contributed by atoms with Crippen molar-refractivity contribution in [2.75, 3.05) is 18.0 Å². The summed E-state index contributed by atoms with van der Waals surface area (Å²) >= 11 is 0. The molecule has 2 aromatic heterocycles. The van der Waals surface area contributed by atoms with Gasteiger partial charge in [0.2, 0.25) is 0 Å². The van der Waals surface area contributed by atoms with Gasteiger partial charge in [0, 0.05) is 19.3 Å². The van der Waals surface area contributed by atoms with Gasteiger partial charge in [0.25, 0.3) is 5.91 Å². The maximum absolute atomic E-state index is 12.9. The van der Waals surface area contributed by atoms with Gasteiger partial charge in [-0.1, -0.05) is 18.2 Å². The zero-order valence-corrected chi connectivity index (χ0v) is 22.8. The summed E-state index contributed by atoms with van der Waals surface area (Å²) in [6, 6.07) is 18.8. The van der Waals surface area contributed by atoms with Crippen molar-refractivity contribution in [2.24, 2.45) is 5.73 Å². The summed E-state index contributed by atoms with van der Waals surface area (Å²) < 4.78 is 13.1. The fraction of sp³-hybridized carbons (Fsp3) is 0.333. The van der Waals surface area contributed by atoms with Crippen molar-refractivity contribution in [2.45, 2.75) is 51.3 Å². The number of carbonyl (C=O) groups excluding carboxylic acids is 2. The van der Waals surface area contributed by atoms with Crippen LogP contribution in [0.1, 0.15) is 44.1 Å². The molecule has 2 N–H and O–H groups in total. The van der Waals surface area contributed by atoms with Crippen molar-refractivity contribution < 1.29 is 19.1 Å². The molecule has 0 aliphatic carbocycles. The van der Waals surface area contributed by atoms with E-state index >= 15 is 0 Å². The van der Waals surface area contributed by atoms with Crippen molar-refractivity contribution in [3.05, 3.63) is 72.6 Å². The number of carbonyl (C=O) groups is 2. The first kappa shape index (κ1) is 25.7. The van der Waals surface area contributed by atoms with E-state index < -0.39 is 11.5 Å². The number of hydrogen-bond acceptors (Lipinski definition) is 7. The lowest BCUT2D eigenvalue weighted by Gasteiger charge is -2.42. The molecular weight excluding hydrogens is 508 g/mol. The molecule has 0 spiro atoms. The Morgan fingerprint density at radius 2 is 1.55 bits per heavy atom. The fourth-order valence-corrected chi connectivity index (χ4v) is 5.62. The number of anilines is 1. The van der Waals surface area contributed by atoms with Gasteiger partial charge in [0.15, 0.2) is 5.69 Å². The summed E-state index contributed by atoms with van der Waals surface area (Å²) in [4.78, 5) is 34.2. The SMILES string of the molecule is CC(C)(C)OC(=O)N1[C@@H]2CC[C@H]1CN(c1ccnc3c(C(N)=O)n(-c4ccc(Oc5ccccc5)cc4)nc13)C2. The number of nitrogens with two attached hydrogens (primary N) is 1. The van der Waals surface area contributed by atoms with Gasteiger partial charge in [-0.25, -0.2) is 9.48 Å². The second kappa shape index (κ2) is 9.86. The lowest BCUT2D eigenvalue weighted by molar-refractivity contribution is 0.0123. The molecule has 0 radical (unpaired) electrons. The van der Waals surface area contributed by atoms with E-state index in [2.05, 4.69) is 9.88 Å². The van der Waals surface area contributed by atoms with Crippen LogP contribution in [0.3, 0.4) is 0 Å². The van der Waals surface area contributed by atoms with Crippen LogP contribution in [-0.4, -0.2) is 62.4 Å². The summed E-state index contributed by atoms with van der Waals surface area (Å²) in [5.74, 6) is 0.767. The molecule has 40 heavy (non-hydrogen) atoms. The van der Waals surface area contributed by atoms with Gasteiger partial charge >= 0.3 is 6.09 Å². The number of hydrogen-bond donors (Lipinski definition) is 1. The van der Waals surface area contributed by atoms with Gasteiger partial charge in [-0.15, -0.1) is 0 Å². The smallest absolute Gasteiger partial charge is 0.410 e. The summed E-state index contributed by atoms with van der Waals surface area (Å²) in [7, 11) is 0. The molecule has 10 heteroatoms. The molecule has 2 amide bonds. The van der Waals surface area contributed by atoms with Gasteiger partial charge in [0.1, 0.15) is 28.1 Å². The van der Waals surface area contributed by atoms with E-state index in [0.29, 0.717) is 35.6 Å². The Kier molecular flexibility index (Phi) is 6.32. The Labute approximate surface area is 232 Å². The molecule has 2 aliphatic heterocycles. The van der Waals surface area contributed by atoms with Crippen LogP contribution in [0.5, 0.6) is 11.5 Å². The Morgan fingerprint density at radius 3 is 2.17 bits per heavy atom. The zero-order chi connectivity index (χ0) is 28.0. The molecule has 10 nitrogen and oxygen atoms in total. The molecular formula is C30H32N6O4. The molecule has 2 fully saturated rings. The number of para-hydroxylation sites is 1. The summed E-state index contributed by atoms with van der Waals surface area (Å²) in [5.41, 5.74) is 8.06. The fourth-order valence-electron chi connectivity index (χ4n) is 5.62. The molecule has 4 aromatic rings. The van der Waals surface area contributed by atoms with Gasteiger partial charge in [-0.3, -0.25) is 14.7 Å². The second-order valence-electron chi connectivity index (χ2n) is 11.2. The van der Waals surface area contributed by atoms with Gasteiger partial charge in [-0.05, 0) is 76.1 Å². The lowest BCUT2D eigenvalue weighted by Crippen LogP contribution is -2.56. The number of amides is 2. The Hall–Kier alpha value is -4.60. The minimum Gasteiger partial charge on any atom is -0.457 e. The van der Waals surface area contributed by atoms with E-state index in [0.717, 1.165) is 24.3 Å². The number of benzene rings is 2. The van der Waals surface area contributed by atoms with Crippen LogP contribution in [-0.2, 0) is 4.74 Å². The first-order valence-electron chi connectivity index (χ1n) is 13.4. The number of ether oxygens (including phenoxy) is 2. The summed E-state index contributed by atoms with van der Waals surface area (Å²) in [6.07, 6.45) is 3.23. The van der Waals surface area contributed by atoms with E-state index in [1.165, 1.54) is 0 Å². The highest BCUT2D eigenvalue weighted by Gasteiger charge is 2.44. The van der Waals surface area contributed by atoms with Crippen LogP contribution < -0.4 is 15.4 Å². The van der Waals surface area contributed by atoms with Gasteiger partial charge in [-0.2, -0.15) is 5.10 Å². The summed E-state index contributed by atoms with van der Waals surface area (Å²) in [6.45, 7) is 6.92. The highest BCUT2D eigenvalue weighted by molar-refractivity contribution is 6.06. The number of primary amides is 1. The average Bonchev–Trinajstić information content (AvgIpc) is 3.43. The Morgan fingerprint density at radius 1 is 0.900 bits per heavy atom. The minimum absolute atomic E-state index is 0.0340. The highest BCUT2D eigenvalue weighted by Crippen LogP contribution is 2.36. The Balaban J connectivity index is 1.31. The molecule has 2 aromatic carbocycles. The summed E-state index contributed by atoms with van der Waals surface area (Å²) in [5, 5.41) is 4.83. The highest BCUT2D eigenvalue weighted by atomic mass is 16.6. The third-order valence-corrected chi connectivity index (χ3v) is 7.26. The van der Waals surface area contributed by atoms with Crippen LogP contribution in [0.2, 0.25) is 0 Å². The molecule has 2 atom stereocenters. The monoisotopic (exact) mass is 540 g/mol. The van der Waals surface area contributed by atoms with Gasteiger partial charge in [0.05, 0.1) is 23.5 Å². The van der Waals surface area contributed by atoms with Crippen molar-refractivity contribution in [1.29, 1.82) is 0 Å². The molecule has 2 saturated heterocycles. The van der Waals surface area contributed by atoms with Crippen LogP contribution in [0.25, 0.3) is 16.7 Å². The second-order valence-corrected chi connectivity index (χ2v) is 11.2. The number of nitrogens with zero attached hydrogens (tertiary/aromatic N) is 5. The number of pyridine rings is 1. The predicted molar refractivity (Wildman–Crippen MR) is 151 cm³/mol. The van der Waals surface area contributed by atoms with E-state index in [9.17, 15) is 9.59 Å². The quantitative estimate of drug-likeness (QED) is 0.383. The predicted octanol–water partition coefficient (Wildman–Crippen LogP) is 4.90. The molecule has 2 bridgehead atoms. The van der Waals surface area contributed by atoms with Crippen LogP contribution >= 0.6 is 0 Å². The van der Waals surface area contributed by atoms with Crippen LogP contribution in [0.15, 0.2) is 66.9 Å². The van der Waals surface area contributed by atoms with Crippen molar-refractivity contribution in [1.82, 2.24) is 19.7 Å². The average molecular weight is 541 g/mol.